The van der Waals surface area contributed by atoms with E-state index < -0.39 is 21.3 Å². The van der Waals surface area contributed by atoms with Crippen molar-refractivity contribution in [2.75, 3.05) is 18.8 Å². The van der Waals surface area contributed by atoms with Crippen LogP contribution in [0.1, 0.15) is 18.9 Å². The molecular weight excluding hydrogens is 292 g/mol. The van der Waals surface area contributed by atoms with E-state index in [-0.39, 0.29) is 29.2 Å². The second-order valence-electron chi connectivity index (χ2n) is 5.38. The minimum atomic E-state index is -3.81. The van der Waals surface area contributed by atoms with E-state index in [0.717, 1.165) is 0 Å². The minimum Gasteiger partial charge on any atom is -0.398 e. The molecule has 21 heavy (non-hydrogen) atoms. The Morgan fingerprint density at radius 3 is 2.62 bits per heavy atom. The highest BCUT2D eigenvalue weighted by atomic mass is 32.2. The van der Waals surface area contributed by atoms with Crippen LogP contribution < -0.4 is 11.5 Å². The number of carbonyl (C=O) groups excluding carboxylic acids is 1. The third kappa shape index (κ3) is 2.57. The van der Waals surface area contributed by atoms with Gasteiger partial charge in [-0.25, -0.2) is 8.42 Å². The van der Waals surface area contributed by atoms with Crippen molar-refractivity contribution in [3.8, 4) is 6.07 Å². The number of primary amides is 1. The average molecular weight is 308 g/mol. The highest BCUT2D eigenvalue weighted by Gasteiger charge is 2.44. The van der Waals surface area contributed by atoms with E-state index in [9.17, 15) is 13.2 Å². The standard InChI is InChI=1S/C13H16N4O3S/c1-13(12(16)18)4-5-17(8-13)21(19,20)11-3-2-9(7-14)6-10(11)15/h2-3,6H,4-5,8,15H2,1H3,(H2,16,18). The molecule has 1 aromatic carbocycles. The van der Waals surface area contributed by atoms with Crippen molar-refractivity contribution >= 4 is 21.6 Å². The van der Waals surface area contributed by atoms with Crippen LogP contribution in [0.25, 0.3) is 0 Å². The van der Waals surface area contributed by atoms with E-state index in [1.807, 2.05) is 6.07 Å². The first-order chi connectivity index (χ1) is 9.70. The van der Waals surface area contributed by atoms with Crippen LogP contribution >= 0.6 is 0 Å². The molecule has 0 bridgehead atoms. The maximum Gasteiger partial charge on any atom is 0.245 e. The molecule has 0 radical (unpaired) electrons. The summed E-state index contributed by atoms with van der Waals surface area (Å²) in [4.78, 5) is 11.4. The van der Waals surface area contributed by atoms with Gasteiger partial charge in [-0.15, -0.1) is 0 Å². The second kappa shape index (κ2) is 5.02. The van der Waals surface area contributed by atoms with Crippen LogP contribution in [0.3, 0.4) is 0 Å². The Kier molecular flexibility index (Phi) is 3.65. The molecular formula is C13H16N4O3S. The van der Waals surface area contributed by atoms with Crippen molar-refractivity contribution in [2.24, 2.45) is 11.1 Å². The van der Waals surface area contributed by atoms with Gasteiger partial charge in [-0.05, 0) is 31.5 Å². The fourth-order valence-electron chi connectivity index (χ4n) is 2.32. The molecule has 0 spiro atoms. The maximum absolute atomic E-state index is 12.6. The molecule has 1 atom stereocenters. The molecule has 112 valence electrons. The quantitative estimate of drug-likeness (QED) is 0.760. The van der Waals surface area contributed by atoms with Gasteiger partial charge in [0.15, 0.2) is 0 Å². The zero-order valence-electron chi connectivity index (χ0n) is 11.5. The number of sulfonamides is 1. The number of nitrogen functional groups attached to an aromatic ring is 1. The summed E-state index contributed by atoms with van der Waals surface area (Å²) < 4.78 is 26.4. The molecule has 2 rings (SSSR count). The number of hydrogen-bond donors (Lipinski definition) is 2. The van der Waals surface area contributed by atoms with Gasteiger partial charge >= 0.3 is 0 Å². The Balaban J connectivity index is 2.37. The summed E-state index contributed by atoms with van der Waals surface area (Å²) in [5.41, 5.74) is 10.5. The number of amides is 1. The molecule has 1 saturated heterocycles. The normalized spacial score (nSPS) is 22.9. The first-order valence-electron chi connectivity index (χ1n) is 6.30. The molecule has 4 N–H and O–H groups in total. The first kappa shape index (κ1) is 15.3. The van der Waals surface area contributed by atoms with Crippen molar-refractivity contribution in [3.63, 3.8) is 0 Å². The molecule has 1 amide bonds. The summed E-state index contributed by atoms with van der Waals surface area (Å²) in [6.45, 7) is 1.89. The molecule has 1 aromatic rings. The van der Waals surface area contributed by atoms with Gasteiger partial charge in [-0.1, -0.05) is 0 Å². The van der Waals surface area contributed by atoms with E-state index in [1.54, 1.807) is 6.92 Å². The van der Waals surface area contributed by atoms with Crippen LogP contribution in [0, 0.1) is 16.7 Å². The van der Waals surface area contributed by atoms with Gasteiger partial charge < -0.3 is 11.5 Å². The number of benzene rings is 1. The molecule has 7 nitrogen and oxygen atoms in total. The molecule has 0 aromatic heterocycles. The van der Waals surface area contributed by atoms with Crippen LogP contribution in [-0.2, 0) is 14.8 Å². The smallest absolute Gasteiger partial charge is 0.245 e. The van der Waals surface area contributed by atoms with Crippen molar-refractivity contribution in [2.45, 2.75) is 18.2 Å². The number of hydrogen-bond acceptors (Lipinski definition) is 5. The first-order valence-corrected chi connectivity index (χ1v) is 7.74. The van der Waals surface area contributed by atoms with Crippen LogP contribution in [-0.4, -0.2) is 31.7 Å². The van der Waals surface area contributed by atoms with Crippen molar-refractivity contribution < 1.29 is 13.2 Å². The monoisotopic (exact) mass is 308 g/mol. The predicted molar refractivity (Wildman–Crippen MR) is 76.2 cm³/mol. The third-order valence-corrected chi connectivity index (χ3v) is 5.71. The van der Waals surface area contributed by atoms with Crippen molar-refractivity contribution in [1.29, 1.82) is 5.26 Å². The van der Waals surface area contributed by atoms with Crippen molar-refractivity contribution in [3.05, 3.63) is 23.8 Å². The average Bonchev–Trinajstić information content (AvgIpc) is 2.83. The van der Waals surface area contributed by atoms with E-state index in [4.69, 9.17) is 16.7 Å². The van der Waals surface area contributed by atoms with Crippen LogP contribution in [0.4, 0.5) is 5.69 Å². The molecule has 0 aliphatic carbocycles. The number of nitrogens with zero attached hydrogens (tertiary/aromatic N) is 2. The Bertz CT molecular complexity index is 738. The third-order valence-electron chi connectivity index (χ3n) is 3.79. The summed E-state index contributed by atoms with van der Waals surface area (Å²) in [5, 5.41) is 8.78. The highest BCUT2D eigenvalue weighted by molar-refractivity contribution is 7.89. The SMILES string of the molecule is CC1(C(N)=O)CCN(S(=O)(=O)c2ccc(C#N)cc2N)C1. The number of rotatable bonds is 3. The summed E-state index contributed by atoms with van der Waals surface area (Å²) in [7, 11) is -3.81. The van der Waals surface area contributed by atoms with Gasteiger partial charge in [0.1, 0.15) is 4.90 Å². The largest absolute Gasteiger partial charge is 0.398 e. The van der Waals surface area contributed by atoms with E-state index in [2.05, 4.69) is 0 Å². The highest BCUT2D eigenvalue weighted by Crippen LogP contribution is 2.34. The summed E-state index contributed by atoms with van der Waals surface area (Å²) in [5.74, 6) is -0.520. The van der Waals surface area contributed by atoms with E-state index in [1.165, 1.54) is 22.5 Å². The molecule has 1 fully saturated rings. The number of anilines is 1. The summed E-state index contributed by atoms with van der Waals surface area (Å²) >= 11 is 0. The zero-order chi connectivity index (χ0) is 15.8. The second-order valence-corrected chi connectivity index (χ2v) is 7.28. The lowest BCUT2D eigenvalue weighted by Gasteiger charge is -2.21. The number of nitrogens with two attached hydrogens (primary N) is 2. The van der Waals surface area contributed by atoms with Gasteiger partial charge in [-0.3, -0.25) is 4.79 Å². The fourth-order valence-corrected chi connectivity index (χ4v) is 3.98. The van der Waals surface area contributed by atoms with Gasteiger partial charge in [0, 0.05) is 13.1 Å². The molecule has 1 heterocycles. The van der Waals surface area contributed by atoms with Crippen molar-refractivity contribution in [1.82, 2.24) is 4.31 Å². The number of carbonyl (C=O) groups is 1. The zero-order valence-corrected chi connectivity index (χ0v) is 12.4. The minimum absolute atomic E-state index is 0.0155. The van der Waals surface area contributed by atoms with Gasteiger partial charge in [0.05, 0.1) is 22.7 Å². The Labute approximate surface area is 123 Å². The topological polar surface area (TPSA) is 130 Å². The molecule has 1 unspecified atom stereocenters. The lowest BCUT2D eigenvalue weighted by Crippen LogP contribution is -2.38. The van der Waals surface area contributed by atoms with Gasteiger partial charge in [0.25, 0.3) is 0 Å². The Hall–Kier alpha value is -2.11. The lowest BCUT2D eigenvalue weighted by molar-refractivity contribution is -0.126. The summed E-state index contributed by atoms with van der Waals surface area (Å²) in [6, 6.07) is 5.91. The molecule has 8 heteroatoms. The number of nitriles is 1. The molecule has 1 aliphatic heterocycles. The molecule has 0 saturated carbocycles. The van der Waals surface area contributed by atoms with E-state index >= 15 is 0 Å². The van der Waals surface area contributed by atoms with Gasteiger partial charge in [-0.2, -0.15) is 9.57 Å². The fraction of sp³-hybridized carbons (Fsp3) is 0.385. The van der Waals surface area contributed by atoms with Crippen LogP contribution in [0.5, 0.6) is 0 Å². The molecule has 1 aliphatic rings. The summed E-state index contributed by atoms with van der Waals surface area (Å²) in [6.07, 6.45) is 0.373. The van der Waals surface area contributed by atoms with Gasteiger partial charge in [0.2, 0.25) is 15.9 Å². The lowest BCUT2D eigenvalue weighted by atomic mass is 9.89. The maximum atomic E-state index is 12.6. The Morgan fingerprint density at radius 2 is 2.14 bits per heavy atom. The predicted octanol–water partition coefficient (Wildman–Crippen LogP) is 0.0265. The van der Waals surface area contributed by atoms with E-state index in [0.29, 0.717) is 6.42 Å². The van der Waals surface area contributed by atoms with Crippen LogP contribution in [0.2, 0.25) is 0 Å². The van der Waals surface area contributed by atoms with Crippen LogP contribution in [0.15, 0.2) is 23.1 Å². The Morgan fingerprint density at radius 1 is 1.48 bits per heavy atom.